The van der Waals surface area contributed by atoms with Crippen molar-refractivity contribution < 1.29 is 9.53 Å². The molecule has 0 aromatic heterocycles. The first-order valence-electron chi connectivity index (χ1n) is 12.0. The molecule has 1 amide bonds. The van der Waals surface area contributed by atoms with Gasteiger partial charge in [0, 0.05) is 56.4 Å². The van der Waals surface area contributed by atoms with Crippen LogP contribution in [0.2, 0.25) is 15.1 Å². The van der Waals surface area contributed by atoms with E-state index in [0.717, 1.165) is 66.3 Å². The minimum Gasteiger partial charge on any atom is -0.483 e. The van der Waals surface area contributed by atoms with E-state index in [1.165, 1.54) is 0 Å². The fourth-order valence-corrected chi connectivity index (χ4v) is 5.21. The third kappa shape index (κ3) is 5.82. The summed E-state index contributed by atoms with van der Waals surface area (Å²) in [5, 5.41) is 1.74. The van der Waals surface area contributed by atoms with E-state index in [0.29, 0.717) is 28.2 Å². The number of carbonyl (C=O) groups excluding carboxylic acids is 1. The molecule has 3 aromatic rings. The van der Waals surface area contributed by atoms with Crippen molar-refractivity contribution in [2.45, 2.75) is 19.6 Å². The van der Waals surface area contributed by atoms with Crippen LogP contribution in [0.1, 0.15) is 16.7 Å². The van der Waals surface area contributed by atoms with Crippen molar-refractivity contribution in [2.75, 3.05) is 39.8 Å². The van der Waals surface area contributed by atoms with Crippen LogP contribution < -0.4 is 4.74 Å². The van der Waals surface area contributed by atoms with Crippen molar-refractivity contribution in [2.24, 2.45) is 0 Å². The lowest BCUT2D eigenvalue weighted by Crippen LogP contribution is -2.43. The van der Waals surface area contributed by atoms with Crippen LogP contribution in [0.25, 0.3) is 11.1 Å². The van der Waals surface area contributed by atoms with Crippen LogP contribution in [-0.4, -0.2) is 60.4 Å². The summed E-state index contributed by atoms with van der Waals surface area (Å²) in [5.74, 6) is 0.687. The van der Waals surface area contributed by atoms with Gasteiger partial charge >= 0.3 is 0 Å². The van der Waals surface area contributed by atoms with Gasteiger partial charge in [0.05, 0.1) is 10.0 Å². The van der Waals surface area contributed by atoms with Crippen LogP contribution in [0, 0.1) is 0 Å². The van der Waals surface area contributed by atoms with E-state index in [9.17, 15) is 4.79 Å². The van der Waals surface area contributed by atoms with E-state index in [1.54, 1.807) is 0 Å². The molecule has 0 unspecified atom stereocenters. The number of benzene rings is 3. The Bertz CT molecular complexity index is 1270. The lowest BCUT2D eigenvalue weighted by molar-refractivity contribution is -0.134. The first kappa shape index (κ1) is 25.4. The zero-order chi connectivity index (χ0) is 25.2. The maximum absolute atomic E-state index is 13.0. The second kappa shape index (κ2) is 11.0. The highest BCUT2D eigenvalue weighted by Gasteiger charge is 2.24. The maximum Gasteiger partial charge on any atom is 0.261 e. The number of rotatable bonds is 6. The number of carbonyl (C=O) groups is 1. The number of ether oxygens (including phenoxy) is 1. The number of piperazine rings is 1. The standard InChI is InChI=1S/C28H28Cl3N3O2/c1-32-8-10-33(11-9-32)15-23-12-19(20-3-6-25(30)26(31)14-20)4-7-27(23)36-18-28(35)34-16-21-2-5-24(29)13-22(21)17-34/h2-7,12-14H,8-11,15-18H2,1H3. The van der Waals surface area contributed by atoms with E-state index >= 15 is 0 Å². The van der Waals surface area contributed by atoms with Crippen LogP contribution in [-0.2, 0) is 24.4 Å². The van der Waals surface area contributed by atoms with Crippen LogP contribution in [0.4, 0.5) is 0 Å². The largest absolute Gasteiger partial charge is 0.483 e. The topological polar surface area (TPSA) is 36.0 Å². The van der Waals surface area contributed by atoms with Gasteiger partial charge in [0.1, 0.15) is 5.75 Å². The molecule has 1 fully saturated rings. The van der Waals surface area contributed by atoms with E-state index in [1.807, 2.05) is 53.4 Å². The molecule has 2 aliphatic rings. The second-order valence-corrected chi connectivity index (χ2v) is 10.7. The monoisotopic (exact) mass is 543 g/mol. The van der Waals surface area contributed by atoms with Crippen molar-refractivity contribution in [1.29, 1.82) is 0 Å². The highest BCUT2D eigenvalue weighted by atomic mass is 35.5. The molecule has 5 rings (SSSR count). The molecule has 5 nitrogen and oxygen atoms in total. The van der Waals surface area contributed by atoms with Gasteiger partial charge in [-0.15, -0.1) is 0 Å². The molecular weight excluding hydrogens is 517 g/mol. The SMILES string of the molecule is CN1CCN(Cc2cc(-c3ccc(Cl)c(Cl)c3)ccc2OCC(=O)N2Cc3ccc(Cl)cc3C2)CC1. The lowest BCUT2D eigenvalue weighted by atomic mass is 10.0. The van der Waals surface area contributed by atoms with Crippen molar-refractivity contribution in [1.82, 2.24) is 14.7 Å². The summed E-state index contributed by atoms with van der Waals surface area (Å²) in [6, 6.07) is 17.5. The first-order valence-corrected chi connectivity index (χ1v) is 13.2. The van der Waals surface area contributed by atoms with Crippen molar-refractivity contribution in [3.05, 3.63) is 86.4 Å². The Kier molecular flexibility index (Phi) is 7.75. The van der Waals surface area contributed by atoms with Gasteiger partial charge in [0.25, 0.3) is 5.91 Å². The fourth-order valence-electron chi connectivity index (χ4n) is 4.72. The molecule has 0 bridgehead atoms. The van der Waals surface area contributed by atoms with Crippen molar-refractivity contribution in [3.63, 3.8) is 0 Å². The molecule has 0 radical (unpaired) electrons. The Labute approximate surface area is 227 Å². The molecule has 36 heavy (non-hydrogen) atoms. The third-order valence-corrected chi connectivity index (χ3v) is 7.87. The van der Waals surface area contributed by atoms with E-state index in [4.69, 9.17) is 39.5 Å². The van der Waals surface area contributed by atoms with Crippen LogP contribution in [0.15, 0.2) is 54.6 Å². The zero-order valence-corrected chi connectivity index (χ0v) is 22.4. The van der Waals surface area contributed by atoms with Crippen molar-refractivity contribution >= 4 is 40.7 Å². The molecule has 3 aromatic carbocycles. The van der Waals surface area contributed by atoms with E-state index in [2.05, 4.69) is 22.9 Å². The molecular formula is C28H28Cl3N3O2. The molecule has 0 spiro atoms. The molecule has 1 saturated heterocycles. The van der Waals surface area contributed by atoms with E-state index in [-0.39, 0.29) is 12.5 Å². The normalized spacial score (nSPS) is 16.3. The number of amides is 1. The second-order valence-electron chi connectivity index (χ2n) is 9.48. The maximum atomic E-state index is 13.0. The molecule has 0 N–H and O–H groups in total. The van der Waals surface area contributed by atoms with Gasteiger partial charge in [-0.1, -0.05) is 53.0 Å². The molecule has 2 heterocycles. The minimum atomic E-state index is -0.0403. The van der Waals surface area contributed by atoms with Gasteiger partial charge in [-0.25, -0.2) is 0 Å². The summed E-state index contributed by atoms with van der Waals surface area (Å²) < 4.78 is 6.13. The van der Waals surface area contributed by atoms with Gasteiger partial charge in [0.15, 0.2) is 6.61 Å². The molecule has 188 valence electrons. The number of hydrogen-bond acceptors (Lipinski definition) is 4. The molecule has 8 heteroatoms. The fraction of sp³-hybridized carbons (Fsp3) is 0.321. The van der Waals surface area contributed by atoms with Gasteiger partial charge in [-0.05, 0) is 65.7 Å². The number of halogens is 3. The average Bonchev–Trinajstić information content (AvgIpc) is 3.29. The van der Waals surface area contributed by atoms with Crippen LogP contribution >= 0.6 is 34.8 Å². The highest BCUT2D eigenvalue weighted by Crippen LogP contribution is 2.32. The Hall–Kier alpha value is -2.28. The quantitative estimate of drug-likeness (QED) is 0.382. The first-order chi connectivity index (χ1) is 17.4. The molecule has 2 aliphatic heterocycles. The number of likely N-dealkylation sites (N-methyl/N-ethyl adjacent to an activating group) is 1. The van der Waals surface area contributed by atoms with Crippen LogP contribution in [0.3, 0.4) is 0 Å². The minimum absolute atomic E-state index is 0.0103. The molecule has 0 atom stereocenters. The summed E-state index contributed by atoms with van der Waals surface area (Å²) in [6.45, 7) is 5.91. The summed E-state index contributed by atoms with van der Waals surface area (Å²) >= 11 is 18.5. The molecule has 0 aliphatic carbocycles. The smallest absolute Gasteiger partial charge is 0.261 e. The van der Waals surface area contributed by atoms with Crippen molar-refractivity contribution in [3.8, 4) is 16.9 Å². The lowest BCUT2D eigenvalue weighted by Gasteiger charge is -2.32. The Morgan fingerprint density at radius 1 is 0.833 bits per heavy atom. The Morgan fingerprint density at radius 2 is 1.56 bits per heavy atom. The third-order valence-electron chi connectivity index (χ3n) is 6.90. The number of hydrogen-bond donors (Lipinski definition) is 0. The average molecular weight is 545 g/mol. The highest BCUT2D eigenvalue weighted by molar-refractivity contribution is 6.42. The predicted molar refractivity (Wildman–Crippen MR) is 146 cm³/mol. The van der Waals surface area contributed by atoms with E-state index < -0.39 is 0 Å². The summed E-state index contributed by atoms with van der Waals surface area (Å²) in [7, 11) is 2.15. The van der Waals surface area contributed by atoms with Gasteiger partial charge in [0.2, 0.25) is 0 Å². The van der Waals surface area contributed by atoms with Gasteiger partial charge < -0.3 is 14.5 Å². The van der Waals surface area contributed by atoms with Gasteiger partial charge in [-0.3, -0.25) is 9.69 Å². The Balaban J connectivity index is 1.33. The molecule has 0 saturated carbocycles. The van der Waals surface area contributed by atoms with Crippen LogP contribution in [0.5, 0.6) is 5.75 Å². The Morgan fingerprint density at radius 3 is 2.33 bits per heavy atom. The summed E-state index contributed by atoms with van der Waals surface area (Å²) in [6.07, 6.45) is 0. The summed E-state index contributed by atoms with van der Waals surface area (Å²) in [4.78, 5) is 19.6. The number of fused-ring (bicyclic) bond motifs is 1. The zero-order valence-electron chi connectivity index (χ0n) is 20.1. The number of nitrogens with zero attached hydrogens (tertiary/aromatic N) is 3. The summed E-state index contributed by atoms with van der Waals surface area (Å²) in [5.41, 5.74) is 5.29. The predicted octanol–water partition coefficient (Wildman–Crippen LogP) is 5.98. The van der Waals surface area contributed by atoms with Gasteiger partial charge in [-0.2, -0.15) is 0 Å².